The molecule has 0 aliphatic carbocycles. The van der Waals surface area contributed by atoms with Gasteiger partial charge in [-0.05, 0) is 6.42 Å². The monoisotopic (exact) mass is 241 g/mol. The molecule has 0 aromatic carbocycles. The van der Waals surface area contributed by atoms with Crippen molar-refractivity contribution < 1.29 is 15.0 Å². The lowest BCUT2D eigenvalue weighted by atomic mass is 10.2. The Kier molecular flexibility index (Phi) is 5.11. The van der Waals surface area contributed by atoms with Gasteiger partial charge in [0.15, 0.2) is 0 Å². The van der Waals surface area contributed by atoms with Crippen molar-refractivity contribution in [3.63, 3.8) is 0 Å². The lowest BCUT2D eigenvalue weighted by Gasteiger charge is -2.11. The number of aryl methyl sites for hydroxylation is 1. The first-order valence-corrected chi connectivity index (χ1v) is 5.69. The summed E-state index contributed by atoms with van der Waals surface area (Å²) in [5.74, 6) is -0.982. The summed E-state index contributed by atoms with van der Waals surface area (Å²) < 4.78 is 1.53. The lowest BCUT2D eigenvalue weighted by Crippen LogP contribution is -2.27. The third-order valence-corrected chi connectivity index (χ3v) is 2.59. The molecule has 6 heteroatoms. The van der Waals surface area contributed by atoms with Crippen molar-refractivity contribution in [2.24, 2.45) is 7.05 Å². The summed E-state index contributed by atoms with van der Waals surface area (Å²) in [6, 6.07) is 0. The lowest BCUT2D eigenvalue weighted by molar-refractivity contribution is 0.0695. The van der Waals surface area contributed by atoms with Gasteiger partial charge in [0.25, 0.3) is 0 Å². The Morgan fingerprint density at radius 3 is 2.94 bits per heavy atom. The summed E-state index contributed by atoms with van der Waals surface area (Å²) in [7, 11) is 1.70. The van der Waals surface area contributed by atoms with Gasteiger partial charge < -0.3 is 15.5 Å². The van der Waals surface area contributed by atoms with Gasteiger partial charge in [0, 0.05) is 20.1 Å². The second kappa shape index (κ2) is 6.36. The average Bonchev–Trinajstić information content (AvgIpc) is 2.61. The van der Waals surface area contributed by atoms with E-state index in [1.165, 1.54) is 10.9 Å². The quantitative estimate of drug-likeness (QED) is 0.642. The molecule has 17 heavy (non-hydrogen) atoms. The topological polar surface area (TPSA) is 87.4 Å². The highest BCUT2D eigenvalue weighted by atomic mass is 16.4. The molecule has 0 spiro atoms. The Balaban J connectivity index is 2.51. The number of carboxylic acid groups (broad SMARTS) is 1. The normalized spacial score (nSPS) is 12.6. The molecule has 1 aromatic rings. The first-order valence-electron chi connectivity index (χ1n) is 5.69. The number of aliphatic hydroxyl groups is 1. The van der Waals surface area contributed by atoms with Crippen molar-refractivity contribution in [2.75, 3.05) is 6.54 Å². The van der Waals surface area contributed by atoms with Crippen molar-refractivity contribution in [1.82, 2.24) is 15.1 Å². The summed E-state index contributed by atoms with van der Waals surface area (Å²) in [5, 5.41) is 25.4. The first kappa shape index (κ1) is 13.7. The van der Waals surface area contributed by atoms with Gasteiger partial charge in [0.1, 0.15) is 5.56 Å². The van der Waals surface area contributed by atoms with Crippen LogP contribution < -0.4 is 5.32 Å². The van der Waals surface area contributed by atoms with Crippen LogP contribution in [-0.2, 0) is 13.6 Å². The highest BCUT2D eigenvalue weighted by Crippen LogP contribution is 2.07. The molecule has 0 aliphatic rings. The molecule has 1 heterocycles. The minimum atomic E-state index is -0.982. The maximum atomic E-state index is 10.9. The van der Waals surface area contributed by atoms with E-state index in [2.05, 4.69) is 10.4 Å². The highest BCUT2D eigenvalue weighted by molar-refractivity contribution is 5.88. The Morgan fingerprint density at radius 1 is 1.65 bits per heavy atom. The Hall–Kier alpha value is -1.40. The Labute approximate surface area is 100 Å². The van der Waals surface area contributed by atoms with Crippen LogP contribution in [-0.4, -0.2) is 38.6 Å². The molecule has 96 valence electrons. The molecular formula is C11H19N3O3. The first-order chi connectivity index (χ1) is 8.06. The Bertz CT molecular complexity index is 376. The molecule has 0 saturated heterocycles. The van der Waals surface area contributed by atoms with Crippen LogP contribution in [0.3, 0.4) is 0 Å². The highest BCUT2D eigenvalue weighted by Gasteiger charge is 2.14. The van der Waals surface area contributed by atoms with Gasteiger partial charge in [0.2, 0.25) is 0 Å². The Morgan fingerprint density at radius 2 is 2.35 bits per heavy atom. The molecule has 3 N–H and O–H groups in total. The molecule has 1 rings (SSSR count). The number of aliphatic hydroxyl groups excluding tert-OH is 1. The fourth-order valence-corrected chi connectivity index (χ4v) is 1.64. The van der Waals surface area contributed by atoms with E-state index in [0.29, 0.717) is 18.8 Å². The molecule has 0 radical (unpaired) electrons. The number of hydrogen-bond donors (Lipinski definition) is 3. The minimum absolute atomic E-state index is 0.199. The maximum absolute atomic E-state index is 10.9. The zero-order valence-corrected chi connectivity index (χ0v) is 10.2. The fraction of sp³-hybridized carbons (Fsp3) is 0.636. The third-order valence-electron chi connectivity index (χ3n) is 2.59. The molecule has 0 bridgehead atoms. The number of nitrogens with zero attached hydrogens (tertiary/aromatic N) is 2. The number of carboxylic acids is 1. The van der Waals surface area contributed by atoms with Crippen LogP contribution in [0.25, 0.3) is 0 Å². The molecule has 1 aromatic heterocycles. The summed E-state index contributed by atoms with van der Waals surface area (Å²) in [5.41, 5.74) is 0.811. The number of hydrogen-bond acceptors (Lipinski definition) is 4. The number of nitrogens with one attached hydrogen (secondary N) is 1. The van der Waals surface area contributed by atoms with E-state index in [9.17, 15) is 9.90 Å². The zero-order valence-electron chi connectivity index (χ0n) is 10.2. The van der Waals surface area contributed by atoms with Gasteiger partial charge >= 0.3 is 5.97 Å². The van der Waals surface area contributed by atoms with Gasteiger partial charge in [-0.1, -0.05) is 13.3 Å². The number of carbonyl (C=O) groups is 1. The van der Waals surface area contributed by atoms with E-state index < -0.39 is 5.97 Å². The fourth-order valence-electron chi connectivity index (χ4n) is 1.64. The summed E-state index contributed by atoms with van der Waals surface area (Å²) in [6.45, 7) is 2.85. The summed E-state index contributed by atoms with van der Waals surface area (Å²) in [6.07, 6.45) is 2.61. The maximum Gasteiger partial charge on any atom is 0.339 e. The second-order valence-electron chi connectivity index (χ2n) is 4.01. The van der Waals surface area contributed by atoms with E-state index in [1.54, 1.807) is 7.05 Å². The number of aromatic nitrogens is 2. The molecule has 0 fully saturated rings. The predicted octanol–water partition coefficient (Wildman–Crippen LogP) is 0.369. The SMILES string of the molecule is CCCC(O)CNCc1c(C(=O)O)cnn1C. The second-order valence-corrected chi connectivity index (χ2v) is 4.01. The van der Waals surface area contributed by atoms with Crippen LogP contribution in [0.1, 0.15) is 35.8 Å². The molecule has 1 atom stereocenters. The van der Waals surface area contributed by atoms with E-state index in [4.69, 9.17) is 5.11 Å². The van der Waals surface area contributed by atoms with Gasteiger partial charge in [-0.15, -0.1) is 0 Å². The standard InChI is InChI=1S/C11H19N3O3/c1-3-4-8(15)5-12-7-10-9(11(16)17)6-13-14(10)2/h6,8,12,15H,3-5,7H2,1-2H3,(H,16,17). The number of aromatic carboxylic acids is 1. The van der Waals surface area contributed by atoms with Crippen LogP contribution in [0, 0.1) is 0 Å². The molecule has 1 unspecified atom stereocenters. The van der Waals surface area contributed by atoms with Crippen LogP contribution in [0.4, 0.5) is 0 Å². The van der Waals surface area contributed by atoms with E-state index >= 15 is 0 Å². The van der Waals surface area contributed by atoms with Gasteiger partial charge in [0.05, 0.1) is 18.0 Å². The van der Waals surface area contributed by atoms with Crippen molar-refractivity contribution in [3.05, 3.63) is 17.5 Å². The van der Waals surface area contributed by atoms with Crippen LogP contribution in [0.2, 0.25) is 0 Å². The molecular weight excluding hydrogens is 222 g/mol. The van der Waals surface area contributed by atoms with Gasteiger partial charge in [-0.2, -0.15) is 5.10 Å². The van der Waals surface area contributed by atoms with Crippen LogP contribution in [0.5, 0.6) is 0 Å². The van der Waals surface area contributed by atoms with Crippen molar-refractivity contribution in [2.45, 2.75) is 32.4 Å². The van der Waals surface area contributed by atoms with Crippen LogP contribution in [0.15, 0.2) is 6.20 Å². The van der Waals surface area contributed by atoms with Crippen molar-refractivity contribution >= 4 is 5.97 Å². The zero-order chi connectivity index (χ0) is 12.8. The molecule has 0 aliphatic heterocycles. The molecule has 6 nitrogen and oxygen atoms in total. The summed E-state index contributed by atoms with van der Waals surface area (Å²) in [4.78, 5) is 10.9. The van der Waals surface area contributed by atoms with E-state index in [-0.39, 0.29) is 11.7 Å². The van der Waals surface area contributed by atoms with Crippen molar-refractivity contribution in [1.29, 1.82) is 0 Å². The number of rotatable bonds is 7. The molecule has 0 amide bonds. The van der Waals surface area contributed by atoms with Crippen LogP contribution >= 0.6 is 0 Å². The predicted molar refractivity (Wildman–Crippen MR) is 62.8 cm³/mol. The smallest absolute Gasteiger partial charge is 0.339 e. The largest absolute Gasteiger partial charge is 0.478 e. The summed E-state index contributed by atoms with van der Waals surface area (Å²) >= 11 is 0. The average molecular weight is 241 g/mol. The van der Waals surface area contributed by atoms with E-state index in [1.807, 2.05) is 6.92 Å². The van der Waals surface area contributed by atoms with Crippen molar-refractivity contribution in [3.8, 4) is 0 Å². The minimum Gasteiger partial charge on any atom is -0.478 e. The third kappa shape index (κ3) is 3.83. The van der Waals surface area contributed by atoms with Gasteiger partial charge in [-0.25, -0.2) is 4.79 Å². The van der Waals surface area contributed by atoms with Gasteiger partial charge in [-0.3, -0.25) is 4.68 Å². The van der Waals surface area contributed by atoms with E-state index in [0.717, 1.165) is 12.8 Å². The molecule has 0 saturated carbocycles.